The van der Waals surface area contributed by atoms with Gasteiger partial charge in [-0.2, -0.15) is 0 Å². The molecule has 1 atom stereocenters. The summed E-state index contributed by atoms with van der Waals surface area (Å²) in [5.74, 6) is 1.82. The molecule has 2 heterocycles. The van der Waals surface area contributed by atoms with Gasteiger partial charge >= 0.3 is 0 Å². The third kappa shape index (κ3) is 6.66. The number of nitrogens with one attached hydrogen (secondary N) is 2. The number of benzene rings is 1. The molecule has 8 heteroatoms. The Hall–Kier alpha value is -1.81. The van der Waals surface area contributed by atoms with Crippen molar-refractivity contribution in [2.75, 3.05) is 20.1 Å². The van der Waals surface area contributed by atoms with E-state index >= 15 is 0 Å². The predicted molar refractivity (Wildman–Crippen MR) is 128 cm³/mol. The van der Waals surface area contributed by atoms with E-state index in [1.807, 2.05) is 46.6 Å². The van der Waals surface area contributed by atoms with Crippen LogP contribution in [0.3, 0.4) is 0 Å². The van der Waals surface area contributed by atoms with E-state index in [1.54, 1.807) is 7.05 Å². The van der Waals surface area contributed by atoms with Crippen LogP contribution in [0.15, 0.2) is 64.6 Å². The van der Waals surface area contributed by atoms with Crippen LogP contribution in [0.4, 0.5) is 0 Å². The highest BCUT2D eigenvalue weighted by molar-refractivity contribution is 14.0. The molecule has 0 radical (unpaired) electrons. The molecule has 0 fully saturated rings. The Bertz CT molecular complexity index is 867. The fourth-order valence-electron chi connectivity index (χ4n) is 2.75. The molecule has 3 aromatic rings. The van der Waals surface area contributed by atoms with Crippen molar-refractivity contribution in [1.82, 2.24) is 25.2 Å². The van der Waals surface area contributed by atoms with E-state index in [-0.39, 0.29) is 24.0 Å². The minimum absolute atomic E-state index is 0. The van der Waals surface area contributed by atoms with E-state index in [0.29, 0.717) is 5.25 Å². The minimum Gasteiger partial charge on any atom is -0.356 e. The number of rotatable bonds is 8. The lowest BCUT2D eigenvalue weighted by atomic mass is 10.3. The van der Waals surface area contributed by atoms with Gasteiger partial charge in [0.2, 0.25) is 0 Å². The number of aromatic nitrogens is 3. The number of hydrogen-bond acceptors (Lipinski definition) is 4. The summed E-state index contributed by atoms with van der Waals surface area (Å²) in [6, 6.07) is 16.4. The third-order valence-electron chi connectivity index (χ3n) is 4.11. The number of fused-ring (bicyclic) bond motifs is 1. The topological polar surface area (TPSA) is 66.6 Å². The maximum Gasteiger partial charge on any atom is 0.191 e. The molecule has 1 unspecified atom stereocenters. The lowest BCUT2D eigenvalue weighted by Crippen LogP contribution is -2.40. The van der Waals surface area contributed by atoms with Gasteiger partial charge < -0.3 is 10.6 Å². The summed E-state index contributed by atoms with van der Waals surface area (Å²) in [5.41, 5.74) is 0.892. The normalized spacial score (nSPS) is 12.4. The number of thioether (sulfide) groups is 1. The van der Waals surface area contributed by atoms with Crippen molar-refractivity contribution < 1.29 is 0 Å². The van der Waals surface area contributed by atoms with E-state index in [2.05, 4.69) is 57.0 Å². The fourth-order valence-corrected chi connectivity index (χ4v) is 3.69. The first-order valence-corrected chi connectivity index (χ1v) is 10.1. The van der Waals surface area contributed by atoms with Crippen molar-refractivity contribution in [1.29, 1.82) is 0 Å². The van der Waals surface area contributed by atoms with Gasteiger partial charge in [0.25, 0.3) is 0 Å². The molecule has 0 amide bonds. The van der Waals surface area contributed by atoms with Crippen LogP contribution in [0.5, 0.6) is 0 Å². The molecule has 0 bridgehead atoms. The Morgan fingerprint density at radius 3 is 2.68 bits per heavy atom. The SMILES string of the molecule is CN=C(NCCCc1nnc2ccccn12)NCC(C)Sc1ccccc1.I. The lowest BCUT2D eigenvalue weighted by molar-refractivity contribution is 0.712. The van der Waals surface area contributed by atoms with E-state index in [9.17, 15) is 0 Å². The smallest absolute Gasteiger partial charge is 0.191 e. The number of pyridine rings is 1. The van der Waals surface area contributed by atoms with Crippen molar-refractivity contribution in [3.63, 3.8) is 0 Å². The lowest BCUT2D eigenvalue weighted by Gasteiger charge is -2.15. The van der Waals surface area contributed by atoms with Crippen LogP contribution in [0.2, 0.25) is 0 Å². The Morgan fingerprint density at radius 2 is 1.89 bits per heavy atom. The number of halogens is 1. The van der Waals surface area contributed by atoms with Gasteiger partial charge in [-0.3, -0.25) is 9.39 Å². The summed E-state index contributed by atoms with van der Waals surface area (Å²) in [4.78, 5) is 5.59. The maximum atomic E-state index is 4.30. The quantitative estimate of drug-likeness (QED) is 0.159. The highest BCUT2D eigenvalue weighted by atomic mass is 127. The summed E-state index contributed by atoms with van der Waals surface area (Å²) in [6.07, 6.45) is 3.84. The van der Waals surface area contributed by atoms with Gasteiger partial charge in [0.15, 0.2) is 11.6 Å². The fraction of sp³-hybridized carbons (Fsp3) is 0.350. The molecule has 28 heavy (non-hydrogen) atoms. The molecule has 0 saturated heterocycles. The average molecular weight is 510 g/mol. The van der Waals surface area contributed by atoms with E-state index in [0.717, 1.165) is 43.4 Å². The molecule has 1 aromatic carbocycles. The molecule has 2 N–H and O–H groups in total. The van der Waals surface area contributed by atoms with Crippen LogP contribution in [0.25, 0.3) is 5.65 Å². The molecule has 0 saturated carbocycles. The molecule has 2 aromatic heterocycles. The van der Waals surface area contributed by atoms with Gasteiger partial charge in [0.05, 0.1) is 0 Å². The Labute approximate surface area is 187 Å². The summed E-state index contributed by atoms with van der Waals surface area (Å²) in [6.45, 7) is 3.91. The molecule has 3 rings (SSSR count). The van der Waals surface area contributed by atoms with Crippen LogP contribution in [0, 0.1) is 0 Å². The molecule has 6 nitrogen and oxygen atoms in total. The van der Waals surface area contributed by atoms with Crippen molar-refractivity contribution in [3.8, 4) is 0 Å². The molecule has 0 aliphatic carbocycles. The Kier molecular flexibility index (Phi) is 9.56. The number of aliphatic imine (C=N–C) groups is 1. The number of nitrogens with zero attached hydrogens (tertiary/aromatic N) is 4. The molecular formula is C20H27IN6S. The van der Waals surface area contributed by atoms with Gasteiger partial charge in [-0.1, -0.05) is 31.2 Å². The van der Waals surface area contributed by atoms with Crippen molar-refractivity contribution in [3.05, 3.63) is 60.6 Å². The summed E-state index contributed by atoms with van der Waals surface area (Å²) in [5, 5.41) is 15.7. The predicted octanol–water partition coefficient (Wildman–Crippen LogP) is 3.63. The molecule has 0 spiro atoms. The summed E-state index contributed by atoms with van der Waals surface area (Å²) < 4.78 is 2.04. The van der Waals surface area contributed by atoms with Crippen LogP contribution in [-0.2, 0) is 6.42 Å². The zero-order chi connectivity index (χ0) is 18.9. The van der Waals surface area contributed by atoms with E-state index < -0.39 is 0 Å². The number of aryl methyl sites for hydroxylation is 1. The standard InChI is InChI=1S/C20H26N6S.HI/c1-16(27-17-9-4-3-5-10-17)15-23-20(21-2)22-13-8-12-19-25-24-18-11-6-7-14-26(18)19;/h3-7,9-11,14,16H,8,12-13,15H2,1-2H3,(H2,21,22,23);1H. The van der Waals surface area contributed by atoms with Crippen molar-refractivity contribution >= 4 is 47.3 Å². The summed E-state index contributed by atoms with van der Waals surface area (Å²) in [7, 11) is 1.80. The molecule has 150 valence electrons. The van der Waals surface area contributed by atoms with Crippen LogP contribution in [0.1, 0.15) is 19.2 Å². The number of hydrogen-bond donors (Lipinski definition) is 2. The van der Waals surface area contributed by atoms with E-state index in [1.165, 1.54) is 4.90 Å². The average Bonchev–Trinajstić information content (AvgIpc) is 3.11. The first kappa shape index (κ1) is 22.5. The first-order valence-electron chi connectivity index (χ1n) is 9.21. The van der Waals surface area contributed by atoms with Gasteiger partial charge in [-0.05, 0) is 30.7 Å². The highest BCUT2D eigenvalue weighted by Gasteiger charge is 2.07. The second-order valence-corrected chi connectivity index (χ2v) is 7.78. The van der Waals surface area contributed by atoms with E-state index in [4.69, 9.17) is 0 Å². The first-order chi connectivity index (χ1) is 13.3. The maximum absolute atomic E-state index is 4.30. The molecular weight excluding hydrogens is 483 g/mol. The highest BCUT2D eigenvalue weighted by Crippen LogP contribution is 2.21. The number of guanidine groups is 1. The largest absolute Gasteiger partial charge is 0.356 e. The second-order valence-electron chi connectivity index (χ2n) is 6.27. The van der Waals surface area contributed by atoms with Gasteiger partial charge in [0.1, 0.15) is 5.82 Å². The molecule has 0 aliphatic rings. The zero-order valence-corrected chi connectivity index (χ0v) is 19.4. The monoisotopic (exact) mass is 510 g/mol. The van der Waals surface area contributed by atoms with Gasteiger partial charge in [-0.25, -0.2) is 0 Å². The van der Waals surface area contributed by atoms with Crippen molar-refractivity contribution in [2.45, 2.75) is 29.9 Å². The van der Waals surface area contributed by atoms with Gasteiger partial charge in [-0.15, -0.1) is 45.9 Å². The zero-order valence-electron chi connectivity index (χ0n) is 16.2. The van der Waals surface area contributed by atoms with Crippen LogP contribution < -0.4 is 10.6 Å². The Morgan fingerprint density at radius 1 is 1.11 bits per heavy atom. The Balaban J connectivity index is 0.00000280. The second kappa shape index (κ2) is 11.9. The third-order valence-corrected chi connectivity index (χ3v) is 5.23. The van der Waals surface area contributed by atoms with Gasteiger partial charge in [0, 0.05) is 42.9 Å². The molecule has 0 aliphatic heterocycles. The van der Waals surface area contributed by atoms with Crippen LogP contribution in [-0.4, -0.2) is 45.9 Å². The van der Waals surface area contributed by atoms with Crippen molar-refractivity contribution in [2.24, 2.45) is 4.99 Å². The minimum atomic E-state index is 0. The van der Waals surface area contributed by atoms with Crippen LogP contribution >= 0.6 is 35.7 Å². The summed E-state index contributed by atoms with van der Waals surface area (Å²) >= 11 is 1.86.